The fourth-order valence-corrected chi connectivity index (χ4v) is 5.53. The Morgan fingerprint density at radius 3 is 2.16 bits per heavy atom. The van der Waals surface area contributed by atoms with E-state index in [-0.39, 0.29) is 41.6 Å². The second-order valence-corrected chi connectivity index (χ2v) is 10.3. The number of hydrazine groups is 1. The molecule has 8 heteroatoms. The molecular formula is C29H35N5O3. The van der Waals surface area contributed by atoms with Gasteiger partial charge >= 0.3 is 0 Å². The number of rotatable bonds is 5. The zero-order valence-electron chi connectivity index (χ0n) is 21.5. The third kappa shape index (κ3) is 5.31. The van der Waals surface area contributed by atoms with Gasteiger partial charge in [-0.1, -0.05) is 48.5 Å². The maximum absolute atomic E-state index is 13.8. The summed E-state index contributed by atoms with van der Waals surface area (Å²) >= 11 is 0. The van der Waals surface area contributed by atoms with Gasteiger partial charge in [0.25, 0.3) is 0 Å². The van der Waals surface area contributed by atoms with Gasteiger partial charge in [-0.25, -0.2) is 10.4 Å². The maximum Gasteiger partial charge on any atom is 0.247 e. The topological polar surface area (TPSA) is 76.2 Å². The van der Waals surface area contributed by atoms with Crippen LogP contribution < -0.4 is 10.4 Å². The molecule has 0 saturated carbocycles. The van der Waals surface area contributed by atoms with Gasteiger partial charge in [0, 0.05) is 51.4 Å². The molecule has 0 bridgehead atoms. The lowest BCUT2D eigenvalue weighted by molar-refractivity contribution is -0.144. The summed E-state index contributed by atoms with van der Waals surface area (Å²) in [6.45, 7) is 7.46. The standard InChI is InChI=1S/C29H35N5O3/c1-21(2)33-19-24(27-25(20-33)29(37)34(30-27)23-11-7-4-8-12-23)28(36)32-17-15-31(16-18-32)26(35)14-13-22-9-5-3-6-10-22/h3-14,21,24-25,27,30H,15-20H2,1-2H3/b14-13+. The van der Waals surface area contributed by atoms with Crippen LogP contribution in [0.25, 0.3) is 6.08 Å². The SMILES string of the molecule is CC(C)N1CC(C(=O)N2CCN(C(=O)/C=C/c3ccccc3)CC2)C2NN(c3ccccc3)C(=O)C2C1. The van der Waals surface area contributed by atoms with Gasteiger partial charge in [-0.15, -0.1) is 0 Å². The van der Waals surface area contributed by atoms with Crippen molar-refractivity contribution in [3.8, 4) is 0 Å². The van der Waals surface area contributed by atoms with Crippen LogP contribution in [0.3, 0.4) is 0 Å². The Labute approximate surface area is 218 Å². The molecule has 1 N–H and O–H groups in total. The molecule has 3 amide bonds. The summed E-state index contributed by atoms with van der Waals surface area (Å²) in [6.07, 6.45) is 3.43. The molecule has 3 aliphatic heterocycles. The summed E-state index contributed by atoms with van der Waals surface area (Å²) in [6, 6.07) is 19.3. The number of hydrogen-bond donors (Lipinski definition) is 1. The molecular weight excluding hydrogens is 466 g/mol. The Bertz CT molecular complexity index is 1140. The lowest BCUT2D eigenvalue weighted by Crippen LogP contribution is -2.60. The molecule has 3 atom stereocenters. The van der Waals surface area contributed by atoms with Gasteiger partial charge in [-0.3, -0.25) is 19.3 Å². The highest BCUT2D eigenvalue weighted by atomic mass is 16.2. The number of amides is 3. The third-order valence-electron chi connectivity index (χ3n) is 7.73. The lowest BCUT2D eigenvalue weighted by Gasteiger charge is -2.43. The van der Waals surface area contributed by atoms with Crippen molar-refractivity contribution in [2.45, 2.75) is 25.9 Å². The van der Waals surface area contributed by atoms with Crippen LogP contribution in [-0.2, 0) is 14.4 Å². The maximum atomic E-state index is 13.8. The Hall–Kier alpha value is -3.49. The van der Waals surface area contributed by atoms with Crippen molar-refractivity contribution in [3.63, 3.8) is 0 Å². The van der Waals surface area contributed by atoms with Gasteiger partial charge in [0.15, 0.2) is 0 Å². The number of piperazine rings is 1. The van der Waals surface area contributed by atoms with E-state index in [9.17, 15) is 14.4 Å². The summed E-state index contributed by atoms with van der Waals surface area (Å²) in [5.74, 6) is -0.584. The second kappa shape index (κ2) is 10.9. The Morgan fingerprint density at radius 2 is 1.51 bits per heavy atom. The number of anilines is 1. The zero-order chi connectivity index (χ0) is 25.9. The first kappa shape index (κ1) is 25.2. The fourth-order valence-electron chi connectivity index (χ4n) is 5.53. The first-order valence-corrected chi connectivity index (χ1v) is 13.1. The predicted octanol–water partition coefficient (Wildman–Crippen LogP) is 2.25. The Balaban J connectivity index is 1.25. The van der Waals surface area contributed by atoms with Gasteiger partial charge in [0.05, 0.1) is 23.6 Å². The summed E-state index contributed by atoms with van der Waals surface area (Å²) in [5.41, 5.74) is 5.16. The minimum absolute atomic E-state index is 0.0139. The summed E-state index contributed by atoms with van der Waals surface area (Å²) < 4.78 is 0. The van der Waals surface area contributed by atoms with Crippen LogP contribution in [0.2, 0.25) is 0 Å². The fraction of sp³-hybridized carbons (Fsp3) is 0.414. The average Bonchev–Trinajstić information content (AvgIpc) is 3.28. The van der Waals surface area contributed by atoms with Crippen LogP contribution in [0.4, 0.5) is 5.69 Å². The van der Waals surface area contributed by atoms with E-state index in [0.717, 1.165) is 11.3 Å². The minimum atomic E-state index is -0.334. The zero-order valence-corrected chi connectivity index (χ0v) is 21.5. The van der Waals surface area contributed by atoms with E-state index >= 15 is 0 Å². The summed E-state index contributed by atoms with van der Waals surface area (Å²) in [4.78, 5) is 45.8. The molecule has 3 saturated heterocycles. The molecule has 5 rings (SSSR count). The Morgan fingerprint density at radius 1 is 0.892 bits per heavy atom. The van der Waals surface area contributed by atoms with Crippen molar-refractivity contribution in [3.05, 3.63) is 72.3 Å². The molecule has 3 aliphatic rings. The van der Waals surface area contributed by atoms with Crippen molar-refractivity contribution in [1.29, 1.82) is 0 Å². The van der Waals surface area contributed by atoms with E-state index in [1.165, 1.54) is 0 Å². The van der Waals surface area contributed by atoms with E-state index in [0.29, 0.717) is 39.3 Å². The molecule has 37 heavy (non-hydrogen) atoms. The first-order valence-electron chi connectivity index (χ1n) is 13.1. The van der Waals surface area contributed by atoms with Crippen LogP contribution in [0.15, 0.2) is 66.7 Å². The number of nitrogens with one attached hydrogen (secondary N) is 1. The molecule has 3 fully saturated rings. The molecule has 0 radical (unpaired) electrons. The van der Waals surface area contributed by atoms with E-state index in [4.69, 9.17) is 0 Å². The van der Waals surface area contributed by atoms with E-state index < -0.39 is 0 Å². The van der Waals surface area contributed by atoms with Crippen molar-refractivity contribution >= 4 is 29.5 Å². The molecule has 3 heterocycles. The molecule has 2 aromatic rings. The number of para-hydroxylation sites is 1. The summed E-state index contributed by atoms with van der Waals surface area (Å²) in [5, 5.41) is 1.62. The van der Waals surface area contributed by atoms with Crippen LogP contribution in [0.1, 0.15) is 19.4 Å². The second-order valence-electron chi connectivity index (χ2n) is 10.3. The van der Waals surface area contributed by atoms with Crippen LogP contribution in [0.5, 0.6) is 0 Å². The third-order valence-corrected chi connectivity index (χ3v) is 7.73. The number of nitrogens with zero attached hydrogens (tertiary/aromatic N) is 4. The highest BCUT2D eigenvalue weighted by Crippen LogP contribution is 2.33. The number of fused-ring (bicyclic) bond motifs is 1. The van der Waals surface area contributed by atoms with Crippen molar-refractivity contribution < 1.29 is 14.4 Å². The number of likely N-dealkylation sites (tertiary alicyclic amines) is 1. The predicted molar refractivity (Wildman–Crippen MR) is 143 cm³/mol. The van der Waals surface area contributed by atoms with Crippen LogP contribution >= 0.6 is 0 Å². The number of benzene rings is 2. The molecule has 0 aromatic heterocycles. The monoisotopic (exact) mass is 501 g/mol. The van der Waals surface area contributed by atoms with E-state index in [1.807, 2.05) is 71.6 Å². The van der Waals surface area contributed by atoms with Gasteiger partial charge in [0.2, 0.25) is 17.7 Å². The number of carbonyl (C=O) groups excluding carboxylic acids is 3. The van der Waals surface area contributed by atoms with Gasteiger partial charge < -0.3 is 9.80 Å². The smallest absolute Gasteiger partial charge is 0.247 e. The lowest BCUT2D eigenvalue weighted by atomic mass is 9.83. The van der Waals surface area contributed by atoms with Gasteiger partial charge in [0.1, 0.15) is 0 Å². The molecule has 8 nitrogen and oxygen atoms in total. The van der Waals surface area contributed by atoms with Crippen molar-refractivity contribution in [1.82, 2.24) is 20.1 Å². The minimum Gasteiger partial charge on any atom is -0.339 e. The quantitative estimate of drug-likeness (QED) is 0.636. The molecule has 0 spiro atoms. The first-order chi connectivity index (χ1) is 17.9. The molecule has 0 aliphatic carbocycles. The highest BCUT2D eigenvalue weighted by Gasteiger charge is 2.52. The normalized spacial score (nSPS) is 24.7. The van der Waals surface area contributed by atoms with Crippen molar-refractivity contribution in [2.24, 2.45) is 11.8 Å². The average molecular weight is 502 g/mol. The number of carbonyl (C=O) groups is 3. The largest absolute Gasteiger partial charge is 0.339 e. The number of hydrogen-bond acceptors (Lipinski definition) is 5. The summed E-state index contributed by atoms with van der Waals surface area (Å²) in [7, 11) is 0. The van der Waals surface area contributed by atoms with Gasteiger partial charge in [-0.05, 0) is 37.6 Å². The highest BCUT2D eigenvalue weighted by molar-refractivity contribution is 5.98. The number of piperidine rings is 1. The van der Waals surface area contributed by atoms with E-state index in [2.05, 4.69) is 24.2 Å². The van der Waals surface area contributed by atoms with Gasteiger partial charge in [-0.2, -0.15) is 0 Å². The molecule has 194 valence electrons. The van der Waals surface area contributed by atoms with Crippen molar-refractivity contribution in [2.75, 3.05) is 44.3 Å². The molecule has 2 aromatic carbocycles. The van der Waals surface area contributed by atoms with E-state index in [1.54, 1.807) is 16.0 Å². The van der Waals surface area contributed by atoms with Crippen LogP contribution in [0, 0.1) is 11.8 Å². The van der Waals surface area contributed by atoms with Crippen LogP contribution in [-0.4, -0.2) is 83.8 Å². The Kier molecular flexibility index (Phi) is 7.39. The molecule has 3 unspecified atom stereocenters.